The second-order valence-electron chi connectivity index (χ2n) is 5.92. The average molecular weight is 273 g/mol. The molecule has 2 rings (SSSR count). The first-order valence-corrected chi connectivity index (χ1v) is 6.75. The Morgan fingerprint density at radius 1 is 1.50 bits per heavy atom. The van der Waals surface area contributed by atoms with E-state index < -0.39 is 0 Å². The monoisotopic (exact) mass is 273 g/mol. The molecule has 0 aromatic heterocycles. The maximum Gasteiger partial charge on any atom is 0.520 e. The van der Waals surface area contributed by atoms with Crippen LogP contribution in [0.15, 0.2) is 18.2 Å². The summed E-state index contributed by atoms with van der Waals surface area (Å²) in [5.41, 5.74) is 2.48. The molecule has 4 nitrogen and oxygen atoms in total. The fraction of sp³-hybridized carbons (Fsp3) is 0.438. The highest BCUT2D eigenvalue weighted by molar-refractivity contribution is 5.63. The van der Waals surface area contributed by atoms with Gasteiger partial charge in [-0.25, -0.2) is 4.48 Å². The van der Waals surface area contributed by atoms with Crippen molar-refractivity contribution >= 4 is 6.09 Å². The molecule has 0 spiro atoms. The first kappa shape index (κ1) is 14.6. The molecule has 1 aliphatic carbocycles. The van der Waals surface area contributed by atoms with Gasteiger partial charge in [0, 0.05) is 6.04 Å². The topological polar surface area (TPSA) is 38.3 Å². The summed E-state index contributed by atoms with van der Waals surface area (Å²) in [6.07, 6.45) is 7.07. The number of amides is 1. The zero-order valence-electron chi connectivity index (χ0n) is 12.3. The number of carbonyl (C=O) groups is 1. The van der Waals surface area contributed by atoms with Gasteiger partial charge in [0.25, 0.3) is 0 Å². The molecular formula is C16H21N2O2+. The molecule has 1 aromatic rings. The minimum Gasteiger partial charge on any atom is -0.381 e. The lowest BCUT2D eigenvalue weighted by molar-refractivity contribution is -0.793. The minimum absolute atomic E-state index is 0.135. The number of benzene rings is 1. The van der Waals surface area contributed by atoms with E-state index in [1.807, 2.05) is 18.2 Å². The lowest BCUT2D eigenvalue weighted by Gasteiger charge is -2.19. The van der Waals surface area contributed by atoms with Crippen molar-refractivity contribution in [3.05, 3.63) is 29.3 Å². The van der Waals surface area contributed by atoms with Gasteiger partial charge in [-0.2, -0.15) is 4.79 Å². The largest absolute Gasteiger partial charge is 0.520 e. The van der Waals surface area contributed by atoms with Crippen molar-refractivity contribution in [3.8, 4) is 18.1 Å². The summed E-state index contributed by atoms with van der Waals surface area (Å²) in [4.78, 5) is 11.9. The Hall–Kier alpha value is -1.83. The quantitative estimate of drug-likeness (QED) is 0.677. The molecule has 0 radical (unpaired) electrons. The number of nitrogens with zero attached hydrogens (tertiary/aromatic N) is 1. The molecule has 20 heavy (non-hydrogen) atoms. The van der Waals surface area contributed by atoms with Crippen LogP contribution in [0.3, 0.4) is 0 Å². The molecule has 0 aliphatic heterocycles. The molecule has 4 heteroatoms. The number of fused-ring (bicyclic) bond motifs is 1. The standard InChI is InChI=1S/C16H21N2O2/c1-5-10-17-15-9-7-12-6-8-13(11-14(12)15)20-16(19)18(2,3)4/h1,6,8,11,15,17H,7,9-10H2,2-4H3/q+1. The van der Waals surface area contributed by atoms with Crippen molar-refractivity contribution in [2.75, 3.05) is 27.7 Å². The van der Waals surface area contributed by atoms with Crippen LogP contribution in [0.4, 0.5) is 4.79 Å². The maximum atomic E-state index is 11.9. The zero-order valence-corrected chi connectivity index (χ0v) is 12.3. The van der Waals surface area contributed by atoms with Gasteiger partial charge in [0.05, 0.1) is 27.7 Å². The summed E-state index contributed by atoms with van der Waals surface area (Å²) in [5, 5.41) is 3.32. The van der Waals surface area contributed by atoms with Crippen molar-refractivity contribution in [2.24, 2.45) is 0 Å². The van der Waals surface area contributed by atoms with Crippen molar-refractivity contribution in [1.82, 2.24) is 5.32 Å². The van der Waals surface area contributed by atoms with Gasteiger partial charge in [0.15, 0.2) is 0 Å². The van der Waals surface area contributed by atoms with Crippen LogP contribution in [0.5, 0.6) is 5.75 Å². The van der Waals surface area contributed by atoms with Crippen LogP contribution in [0.25, 0.3) is 0 Å². The molecule has 106 valence electrons. The minimum atomic E-state index is -0.281. The highest BCUT2D eigenvalue weighted by Crippen LogP contribution is 2.33. The second kappa shape index (κ2) is 5.66. The van der Waals surface area contributed by atoms with Gasteiger partial charge < -0.3 is 4.74 Å². The Kier molecular flexibility index (Phi) is 4.12. The smallest absolute Gasteiger partial charge is 0.381 e. The van der Waals surface area contributed by atoms with E-state index in [2.05, 4.69) is 11.2 Å². The highest BCUT2D eigenvalue weighted by Gasteiger charge is 2.26. The van der Waals surface area contributed by atoms with Crippen LogP contribution < -0.4 is 10.1 Å². The second-order valence-corrected chi connectivity index (χ2v) is 5.92. The van der Waals surface area contributed by atoms with E-state index in [9.17, 15) is 4.79 Å². The average Bonchev–Trinajstić information content (AvgIpc) is 2.77. The molecule has 1 N–H and O–H groups in total. The SMILES string of the molecule is C#CCNC1CCc2ccc(OC(=O)[N+](C)(C)C)cc21. The lowest BCUT2D eigenvalue weighted by Crippen LogP contribution is -2.43. The van der Waals surface area contributed by atoms with Gasteiger partial charge in [-0.1, -0.05) is 12.0 Å². The summed E-state index contributed by atoms with van der Waals surface area (Å²) in [7, 11) is 5.35. The Labute approximate surface area is 120 Å². The van der Waals surface area contributed by atoms with Gasteiger partial charge >= 0.3 is 6.09 Å². The van der Waals surface area contributed by atoms with Crippen LogP contribution in [0, 0.1) is 12.3 Å². The molecule has 1 atom stereocenters. The first-order valence-electron chi connectivity index (χ1n) is 6.75. The number of ether oxygens (including phenoxy) is 1. The third kappa shape index (κ3) is 3.19. The Balaban J connectivity index is 2.15. The highest BCUT2D eigenvalue weighted by atomic mass is 16.6. The van der Waals surface area contributed by atoms with E-state index >= 15 is 0 Å². The van der Waals surface area contributed by atoms with Crippen LogP contribution in [0.1, 0.15) is 23.6 Å². The maximum absolute atomic E-state index is 11.9. The van der Waals surface area contributed by atoms with E-state index in [1.54, 1.807) is 21.1 Å². The normalized spacial score (nSPS) is 17.4. The van der Waals surface area contributed by atoms with Crippen LogP contribution >= 0.6 is 0 Å². The van der Waals surface area contributed by atoms with E-state index in [-0.39, 0.29) is 16.6 Å². The van der Waals surface area contributed by atoms with Gasteiger partial charge in [0.2, 0.25) is 0 Å². The van der Waals surface area contributed by atoms with Crippen LogP contribution in [0.2, 0.25) is 0 Å². The summed E-state index contributed by atoms with van der Waals surface area (Å²) >= 11 is 0. The summed E-state index contributed by atoms with van der Waals surface area (Å²) < 4.78 is 5.56. The third-order valence-electron chi connectivity index (χ3n) is 3.40. The number of quaternary nitrogens is 1. The summed E-state index contributed by atoms with van der Waals surface area (Å²) in [5.74, 6) is 3.19. The number of aryl methyl sites for hydroxylation is 1. The van der Waals surface area contributed by atoms with Crippen molar-refractivity contribution in [1.29, 1.82) is 0 Å². The lowest BCUT2D eigenvalue weighted by atomic mass is 10.1. The molecule has 0 saturated carbocycles. The predicted molar refractivity (Wildman–Crippen MR) is 78.4 cm³/mol. The van der Waals surface area contributed by atoms with Gasteiger partial charge in [-0.05, 0) is 36.1 Å². The number of carbonyl (C=O) groups excluding carboxylic acids is 1. The van der Waals surface area contributed by atoms with E-state index in [4.69, 9.17) is 11.2 Å². The van der Waals surface area contributed by atoms with Crippen molar-refractivity contribution in [3.63, 3.8) is 0 Å². The Morgan fingerprint density at radius 3 is 2.90 bits per heavy atom. The predicted octanol–water partition coefficient (Wildman–Crippen LogP) is 2.10. The molecule has 0 bridgehead atoms. The summed E-state index contributed by atoms with van der Waals surface area (Å²) in [6.45, 7) is 0.549. The number of hydrogen-bond acceptors (Lipinski definition) is 3. The summed E-state index contributed by atoms with van der Waals surface area (Å²) in [6, 6.07) is 6.09. The molecule has 1 aliphatic rings. The number of nitrogens with one attached hydrogen (secondary N) is 1. The molecule has 0 saturated heterocycles. The van der Waals surface area contributed by atoms with Crippen LogP contribution in [-0.2, 0) is 6.42 Å². The zero-order chi connectivity index (χ0) is 14.8. The van der Waals surface area contributed by atoms with Gasteiger partial charge in [-0.3, -0.25) is 5.32 Å². The van der Waals surface area contributed by atoms with E-state index in [0.717, 1.165) is 12.8 Å². The molecule has 1 unspecified atom stereocenters. The molecule has 1 aromatic carbocycles. The molecule has 1 amide bonds. The number of rotatable bonds is 3. The van der Waals surface area contributed by atoms with Crippen molar-refractivity contribution in [2.45, 2.75) is 18.9 Å². The van der Waals surface area contributed by atoms with Crippen molar-refractivity contribution < 1.29 is 14.0 Å². The fourth-order valence-electron chi connectivity index (χ4n) is 2.28. The van der Waals surface area contributed by atoms with Gasteiger partial charge in [0.1, 0.15) is 5.75 Å². The van der Waals surface area contributed by atoms with Crippen LogP contribution in [-0.4, -0.2) is 38.3 Å². The first-order chi connectivity index (χ1) is 9.41. The van der Waals surface area contributed by atoms with Gasteiger partial charge in [-0.15, -0.1) is 6.42 Å². The Bertz CT molecular complexity index is 553. The molecular weight excluding hydrogens is 252 g/mol. The molecule has 0 heterocycles. The fourth-order valence-corrected chi connectivity index (χ4v) is 2.28. The molecule has 0 fully saturated rings. The number of terminal acetylenes is 1. The van der Waals surface area contributed by atoms with E-state index in [1.165, 1.54) is 11.1 Å². The Morgan fingerprint density at radius 2 is 2.25 bits per heavy atom. The third-order valence-corrected chi connectivity index (χ3v) is 3.40. The number of hydrogen-bond donors (Lipinski definition) is 1. The van der Waals surface area contributed by atoms with E-state index in [0.29, 0.717) is 12.3 Å².